The standard InChI is InChI=1S/C20H26N4OS/c25-20(22-15-8-14-4-7-23(11-14)12-15)17-9-16-18(13-26-19(16)10-21-17)24-5-2-1-3-6-24/h9-10,13-15H,1-8,11-12H2,(H,22,25)/t14-,15-/m1/s1. The van der Waals surface area contributed by atoms with Crippen LogP contribution >= 0.6 is 11.3 Å². The van der Waals surface area contributed by atoms with Gasteiger partial charge < -0.3 is 15.1 Å². The van der Waals surface area contributed by atoms with Crippen molar-refractivity contribution in [1.82, 2.24) is 15.2 Å². The lowest BCUT2D eigenvalue weighted by Gasteiger charge is -2.30. The third-order valence-electron chi connectivity index (χ3n) is 6.17. The van der Waals surface area contributed by atoms with Crippen LogP contribution in [0, 0.1) is 5.92 Å². The number of fused-ring (bicyclic) bond motifs is 3. The van der Waals surface area contributed by atoms with Crippen LogP contribution in [-0.4, -0.2) is 54.6 Å². The molecule has 0 radical (unpaired) electrons. The first kappa shape index (κ1) is 16.5. The van der Waals surface area contributed by atoms with Gasteiger partial charge in [0.15, 0.2) is 0 Å². The molecule has 6 heteroatoms. The van der Waals surface area contributed by atoms with Crippen LogP contribution in [0.1, 0.15) is 42.6 Å². The number of rotatable bonds is 3. The van der Waals surface area contributed by atoms with E-state index in [1.807, 2.05) is 12.3 Å². The van der Waals surface area contributed by atoms with Gasteiger partial charge in [0.2, 0.25) is 0 Å². The van der Waals surface area contributed by atoms with Gasteiger partial charge in [-0.15, -0.1) is 11.3 Å². The molecule has 0 aromatic carbocycles. The first-order valence-corrected chi connectivity index (χ1v) is 10.8. The predicted octanol–water partition coefficient (Wildman–Crippen LogP) is 3.11. The minimum Gasteiger partial charge on any atom is -0.370 e. The summed E-state index contributed by atoms with van der Waals surface area (Å²) in [6.45, 7) is 5.63. The Hall–Kier alpha value is -1.66. The van der Waals surface area contributed by atoms with Crippen molar-refractivity contribution in [2.24, 2.45) is 5.92 Å². The first-order valence-electron chi connectivity index (χ1n) is 9.92. The second-order valence-corrected chi connectivity index (χ2v) is 8.97. The minimum atomic E-state index is -0.0183. The van der Waals surface area contributed by atoms with Crippen molar-refractivity contribution in [2.45, 2.75) is 38.1 Å². The Kier molecular flexibility index (Phi) is 4.33. The molecule has 0 saturated carbocycles. The topological polar surface area (TPSA) is 48.5 Å². The summed E-state index contributed by atoms with van der Waals surface area (Å²) in [5.74, 6) is 0.738. The van der Waals surface area contributed by atoms with Crippen molar-refractivity contribution in [1.29, 1.82) is 0 Å². The number of carbonyl (C=O) groups excluding carboxylic acids is 1. The summed E-state index contributed by atoms with van der Waals surface area (Å²) in [4.78, 5) is 22.2. The van der Waals surface area contributed by atoms with Crippen molar-refractivity contribution in [3.05, 3.63) is 23.3 Å². The summed E-state index contributed by atoms with van der Waals surface area (Å²) in [7, 11) is 0. The van der Waals surface area contributed by atoms with Crippen molar-refractivity contribution < 1.29 is 4.79 Å². The molecule has 3 saturated heterocycles. The molecular formula is C20H26N4OS. The van der Waals surface area contributed by atoms with Crippen LogP contribution in [0.25, 0.3) is 10.1 Å². The van der Waals surface area contributed by atoms with Gasteiger partial charge in [0.25, 0.3) is 5.91 Å². The normalized spacial score (nSPS) is 28.5. The van der Waals surface area contributed by atoms with Crippen LogP contribution in [-0.2, 0) is 0 Å². The molecule has 5 heterocycles. The van der Waals surface area contributed by atoms with E-state index in [2.05, 4.69) is 25.5 Å². The van der Waals surface area contributed by atoms with E-state index >= 15 is 0 Å². The van der Waals surface area contributed by atoms with Gasteiger partial charge in [0.1, 0.15) is 5.69 Å². The van der Waals surface area contributed by atoms with Crippen LogP contribution in [0.2, 0.25) is 0 Å². The van der Waals surface area contributed by atoms with Gasteiger partial charge in [-0.1, -0.05) is 0 Å². The fraction of sp³-hybridized carbons (Fsp3) is 0.600. The van der Waals surface area contributed by atoms with Gasteiger partial charge in [-0.2, -0.15) is 0 Å². The van der Waals surface area contributed by atoms with Gasteiger partial charge >= 0.3 is 0 Å². The van der Waals surface area contributed by atoms with Crippen LogP contribution in [0.4, 0.5) is 5.69 Å². The van der Waals surface area contributed by atoms with Crippen molar-refractivity contribution in [3.8, 4) is 0 Å². The molecule has 1 unspecified atom stereocenters. The van der Waals surface area contributed by atoms with Gasteiger partial charge in [-0.05, 0) is 50.6 Å². The number of carbonyl (C=O) groups is 1. The molecule has 2 aromatic rings. The molecule has 0 spiro atoms. The van der Waals surface area contributed by atoms with Crippen LogP contribution in [0.5, 0.6) is 0 Å². The Labute approximate surface area is 158 Å². The molecule has 1 amide bonds. The fourth-order valence-electron chi connectivity index (χ4n) is 4.85. The van der Waals surface area contributed by atoms with Crippen molar-refractivity contribution >= 4 is 33.0 Å². The molecule has 3 fully saturated rings. The summed E-state index contributed by atoms with van der Waals surface area (Å²) in [6, 6.07) is 2.27. The largest absolute Gasteiger partial charge is 0.370 e. The number of aromatic nitrogens is 1. The van der Waals surface area contributed by atoms with Crippen molar-refractivity contribution in [2.75, 3.05) is 37.6 Å². The molecular weight excluding hydrogens is 344 g/mol. The number of nitrogens with one attached hydrogen (secondary N) is 1. The van der Waals surface area contributed by atoms with Crippen LogP contribution < -0.4 is 10.2 Å². The van der Waals surface area contributed by atoms with Gasteiger partial charge in [0.05, 0.1) is 10.4 Å². The zero-order chi connectivity index (χ0) is 17.5. The molecule has 2 aromatic heterocycles. The monoisotopic (exact) mass is 370 g/mol. The Bertz CT molecular complexity index is 801. The molecule has 3 atom stereocenters. The maximum atomic E-state index is 12.8. The van der Waals surface area contributed by atoms with Gasteiger partial charge in [-0.25, -0.2) is 4.98 Å². The lowest BCUT2D eigenvalue weighted by atomic mass is 9.97. The van der Waals surface area contributed by atoms with Crippen LogP contribution in [0.3, 0.4) is 0 Å². The van der Waals surface area contributed by atoms with Gasteiger partial charge in [0, 0.05) is 49.2 Å². The Morgan fingerprint density at radius 3 is 2.92 bits per heavy atom. The molecule has 5 rings (SSSR count). The molecule has 138 valence electrons. The van der Waals surface area contributed by atoms with Crippen LogP contribution in [0.15, 0.2) is 17.6 Å². The second-order valence-electron chi connectivity index (χ2n) is 8.05. The summed E-state index contributed by atoms with van der Waals surface area (Å²) < 4.78 is 1.17. The first-order chi connectivity index (χ1) is 12.8. The van der Waals surface area contributed by atoms with E-state index in [-0.39, 0.29) is 11.9 Å². The molecule has 3 aliphatic rings. The maximum absolute atomic E-state index is 12.8. The number of nitrogens with zero attached hydrogens (tertiary/aromatic N) is 3. The molecule has 2 bridgehead atoms. The number of anilines is 1. The zero-order valence-corrected chi connectivity index (χ0v) is 15.9. The summed E-state index contributed by atoms with van der Waals surface area (Å²) in [5.41, 5.74) is 1.84. The lowest BCUT2D eigenvalue weighted by Crippen LogP contribution is -2.47. The summed E-state index contributed by atoms with van der Waals surface area (Å²) in [6.07, 6.45) is 8.11. The molecule has 0 aliphatic carbocycles. The van der Waals surface area contributed by atoms with Gasteiger partial charge in [-0.3, -0.25) is 4.79 Å². The SMILES string of the molecule is O=C(N[C@@H]1C[C@H]2CCN(C2)C1)c1cc2c(N3CCCCC3)csc2cn1. The highest BCUT2D eigenvalue weighted by atomic mass is 32.1. The van der Waals surface area contributed by atoms with E-state index in [0.717, 1.165) is 32.0 Å². The number of hydrogen-bond acceptors (Lipinski definition) is 5. The third kappa shape index (κ3) is 3.09. The highest BCUT2D eigenvalue weighted by Crippen LogP contribution is 2.34. The zero-order valence-electron chi connectivity index (χ0n) is 15.1. The number of pyridine rings is 1. The molecule has 5 nitrogen and oxygen atoms in total. The lowest BCUT2D eigenvalue weighted by molar-refractivity contribution is 0.0904. The third-order valence-corrected chi connectivity index (χ3v) is 7.09. The minimum absolute atomic E-state index is 0.0183. The summed E-state index contributed by atoms with van der Waals surface area (Å²) in [5, 5.41) is 6.65. The maximum Gasteiger partial charge on any atom is 0.270 e. The smallest absolute Gasteiger partial charge is 0.270 e. The van der Waals surface area contributed by atoms with E-state index in [9.17, 15) is 4.79 Å². The van der Waals surface area contributed by atoms with E-state index in [1.165, 1.54) is 54.5 Å². The average Bonchev–Trinajstić information content (AvgIpc) is 3.24. The van der Waals surface area contributed by atoms with Crippen molar-refractivity contribution in [3.63, 3.8) is 0 Å². The van der Waals surface area contributed by atoms with E-state index in [1.54, 1.807) is 11.3 Å². The number of piperidine rings is 2. The highest BCUT2D eigenvalue weighted by molar-refractivity contribution is 7.17. The number of hydrogen-bond donors (Lipinski definition) is 1. The van der Waals surface area contributed by atoms with E-state index in [0.29, 0.717) is 5.69 Å². The predicted molar refractivity (Wildman–Crippen MR) is 106 cm³/mol. The molecule has 26 heavy (non-hydrogen) atoms. The number of thiophene rings is 1. The Morgan fingerprint density at radius 2 is 2.08 bits per heavy atom. The highest BCUT2D eigenvalue weighted by Gasteiger charge is 2.33. The quantitative estimate of drug-likeness (QED) is 0.902. The van der Waals surface area contributed by atoms with E-state index < -0.39 is 0 Å². The average molecular weight is 371 g/mol. The second kappa shape index (κ2) is 6.82. The number of amides is 1. The van der Waals surface area contributed by atoms with E-state index in [4.69, 9.17) is 0 Å². The Morgan fingerprint density at radius 1 is 1.19 bits per heavy atom. The molecule has 3 aliphatic heterocycles. The Balaban J connectivity index is 1.35. The fourth-order valence-corrected chi connectivity index (χ4v) is 5.77. The summed E-state index contributed by atoms with van der Waals surface area (Å²) >= 11 is 1.73. The molecule has 1 N–H and O–H groups in total.